The maximum Gasteiger partial charge on any atom is 0.421 e. The van der Waals surface area contributed by atoms with E-state index in [4.69, 9.17) is 0 Å². The minimum absolute atomic E-state index is 0.145. The number of halogens is 6. The van der Waals surface area contributed by atoms with Crippen LogP contribution in [0.5, 0.6) is 0 Å². The van der Waals surface area contributed by atoms with Crippen molar-refractivity contribution >= 4 is 11.9 Å². The van der Waals surface area contributed by atoms with E-state index in [2.05, 4.69) is 5.32 Å². The Kier molecular flexibility index (Phi) is 12.0. The molecular weight excluding hydrogens is 732 g/mol. The molecular formula is C40H47F6N3O6. The van der Waals surface area contributed by atoms with Gasteiger partial charge in [0.25, 0.3) is 0 Å². The van der Waals surface area contributed by atoms with E-state index in [-0.39, 0.29) is 25.8 Å². The van der Waals surface area contributed by atoms with Gasteiger partial charge in [-0.3, -0.25) is 4.79 Å². The van der Waals surface area contributed by atoms with Crippen LogP contribution in [0.15, 0.2) is 84.9 Å². The zero-order chi connectivity index (χ0) is 40.5. The zero-order valence-electron chi connectivity index (χ0n) is 30.6. The van der Waals surface area contributed by atoms with Crippen LogP contribution in [0.3, 0.4) is 0 Å². The van der Waals surface area contributed by atoms with Gasteiger partial charge in [0.2, 0.25) is 5.91 Å². The first kappa shape index (κ1) is 42.0. The van der Waals surface area contributed by atoms with Crippen molar-refractivity contribution in [1.82, 2.24) is 15.1 Å². The molecule has 55 heavy (non-hydrogen) atoms. The quantitative estimate of drug-likeness (QED) is 0.135. The molecule has 300 valence electrons. The molecule has 0 bridgehead atoms. The number of aliphatic hydroxyl groups excluding tert-OH is 2. The Bertz CT molecular complexity index is 1790. The van der Waals surface area contributed by atoms with E-state index >= 15 is 13.2 Å². The molecule has 2 saturated heterocycles. The summed E-state index contributed by atoms with van der Waals surface area (Å²) >= 11 is 0. The van der Waals surface area contributed by atoms with Gasteiger partial charge in [-0.2, -0.15) is 26.3 Å². The van der Waals surface area contributed by atoms with E-state index in [1.54, 1.807) is 31.2 Å². The maximum absolute atomic E-state index is 15.1. The van der Waals surface area contributed by atoms with Gasteiger partial charge in [-0.1, -0.05) is 84.9 Å². The van der Waals surface area contributed by atoms with E-state index in [1.807, 2.05) is 0 Å². The van der Waals surface area contributed by atoms with Crippen molar-refractivity contribution in [3.8, 4) is 0 Å². The number of nitrogens with one attached hydrogen (secondary N) is 1. The Labute approximate surface area is 315 Å². The summed E-state index contributed by atoms with van der Waals surface area (Å²) in [6.07, 6.45) is -14.1. The highest BCUT2D eigenvalue weighted by molar-refractivity contribution is 5.87. The number of nitrogens with zero attached hydrogens (tertiary/aromatic N) is 2. The molecule has 2 fully saturated rings. The van der Waals surface area contributed by atoms with Crippen molar-refractivity contribution < 1.29 is 56.4 Å². The normalized spacial score (nSPS) is 23.5. The van der Waals surface area contributed by atoms with Crippen molar-refractivity contribution in [2.75, 3.05) is 26.8 Å². The van der Waals surface area contributed by atoms with Gasteiger partial charge in [0.15, 0.2) is 11.2 Å². The Morgan fingerprint density at radius 3 is 1.75 bits per heavy atom. The summed E-state index contributed by atoms with van der Waals surface area (Å²) in [6, 6.07) is 15.9. The van der Waals surface area contributed by atoms with Crippen LogP contribution in [0.1, 0.15) is 67.2 Å². The minimum atomic E-state index is -5.24. The van der Waals surface area contributed by atoms with Crippen molar-refractivity contribution in [1.29, 1.82) is 0 Å². The average molecular weight is 780 g/mol. The van der Waals surface area contributed by atoms with E-state index in [1.165, 1.54) is 53.2 Å². The van der Waals surface area contributed by atoms with Gasteiger partial charge in [-0.05, 0) is 74.1 Å². The molecule has 3 amide bonds. The van der Waals surface area contributed by atoms with Crippen LogP contribution in [-0.4, -0.2) is 93.4 Å². The summed E-state index contributed by atoms with van der Waals surface area (Å²) in [5.74, 6) is -0.580. The lowest BCUT2D eigenvalue weighted by Gasteiger charge is -2.59. The Morgan fingerprint density at radius 1 is 0.782 bits per heavy atom. The molecule has 0 saturated carbocycles. The minimum Gasteiger partial charge on any atom is -0.396 e. The summed E-state index contributed by atoms with van der Waals surface area (Å²) in [4.78, 5) is 31.6. The van der Waals surface area contributed by atoms with Gasteiger partial charge >= 0.3 is 18.4 Å². The molecule has 2 heterocycles. The second-order valence-electron chi connectivity index (χ2n) is 14.7. The van der Waals surface area contributed by atoms with Crippen LogP contribution in [0.25, 0.3) is 0 Å². The molecule has 0 aromatic heterocycles. The monoisotopic (exact) mass is 779 g/mol. The highest BCUT2D eigenvalue weighted by Crippen LogP contribution is 2.57. The number of hydrogen-bond donors (Lipinski definition) is 5. The highest BCUT2D eigenvalue weighted by atomic mass is 19.4. The van der Waals surface area contributed by atoms with E-state index < -0.39 is 109 Å². The fourth-order valence-electron chi connectivity index (χ4n) is 8.97. The third-order valence-electron chi connectivity index (χ3n) is 11.8. The number of aryl methyl sites for hydroxylation is 1. The van der Waals surface area contributed by atoms with Gasteiger partial charge in [-0.25, -0.2) is 4.79 Å². The highest BCUT2D eigenvalue weighted by Gasteiger charge is 2.66. The molecule has 2 aliphatic rings. The molecule has 9 nitrogen and oxygen atoms in total. The van der Waals surface area contributed by atoms with Gasteiger partial charge < -0.3 is 35.5 Å². The SMILES string of the molecule is CNC(=O)N1C(CCC(O)(c2ccccc2)C(F)(F)F)CN2C(=O)C(CCO)(CCO)CC2C1(CCC(O)(c1ccccc1)C(F)(F)F)c1ccccc1C. The molecule has 0 spiro atoms. The number of rotatable bonds is 13. The summed E-state index contributed by atoms with van der Waals surface area (Å²) in [6.45, 7) is 0.297. The van der Waals surface area contributed by atoms with E-state index in [9.17, 15) is 43.2 Å². The third kappa shape index (κ3) is 7.31. The van der Waals surface area contributed by atoms with Gasteiger partial charge in [0, 0.05) is 26.8 Å². The summed E-state index contributed by atoms with van der Waals surface area (Å²) in [7, 11) is 1.27. The van der Waals surface area contributed by atoms with Crippen molar-refractivity contribution in [2.45, 2.75) is 93.0 Å². The molecule has 0 radical (unpaired) electrons. The first-order chi connectivity index (χ1) is 25.9. The second kappa shape index (κ2) is 15.8. The third-order valence-corrected chi connectivity index (χ3v) is 11.8. The smallest absolute Gasteiger partial charge is 0.396 e. The standard InChI is InChI=1S/C40H47F6N3O6/c1-27-11-9-10-16-31(27)36(19-20-38(55,40(44,45)46)29-14-7-4-8-15-29)32-25-35(21-23-50,22-24-51)33(52)48(32)26-30(49(36)34(53)47-2)17-18-37(54,39(41,42)43)28-12-5-3-6-13-28/h3-16,30,32,50-51,54-55H,17-26H2,1-2H3,(H,47,53). The molecule has 2 aliphatic heterocycles. The lowest BCUT2D eigenvalue weighted by Crippen LogP contribution is -2.71. The van der Waals surface area contributed by atoms with Gasteiger partial charge in [-0.15, -0.1) is 0 Å². The first-order valence-corrected chi connectivity index (χ1v) is 18.2. The number of aliphatic hydroxyl groups is 4. The summed E-state index contributed by atoms with van der Waals surface area (Å²) < 4.78 is 89.9. The average Bonchev–Trinajstić information content (AvgIpc) is 3.42. The summed E-state index contributed by atoms with van der Waals surface area (Å²) in [5.41, 5.74) is -10.4. The van der Waals surface area contributed by atoms with Crippen LogP contribution in [-0.2, 0) is 21.5 Å². The largest absolute Gasteiger partial charge is 0.421 e. The molecule has 3 aromatic carbocycles. The van der Waals surface area contributed by atoms with Crippen LogP contribution < -0.4 is 5.32 Å². The number of piperazine rings is 1. The fourth-order valence-corrected chi connectivity index (χ4v) is 8.97. The number of carbonyl (C=O) groups excluding carboxylic acids is 2. The Morgan fingerprint density at radius 2 is 1.27 bits per heavy atom. The van der Waals surface area contributed by atoms with Crippen molar-refractivity contribution in [3.05, 3.63) is 107 Å². The fraction of sp³-hybridized carbons (Fsp3) is 0.500. The van der Waals surface area contributed by atoms with E-state index in [0.29, 0.717) is 11.1 Å². The predicted octanol–water partition coefficient (Wildman–Crippen LogP) is 6.03. The number of hydrogen-bond acceptors (Lipinski definition) is 6. The zero-order valence-corrected chi connectivity index (χ0v) is 30.6. The van der Waals surface area contributed by atoms with Gasteiger partial charge in [0.1, 0.15) is 0 Å². The Hall–Kier alpha value is -4.18. The topological polar surface area (TPSA) is 134 Å². The van der Waals surface area contributed by atoms with Crippen molar-refractivity contribution in [2.24, 2.45) is 5.41 Å². The lowest BCUT2D eigenvalue weighted by molar-refractivity contribution is -0.273. The number of fused-ring (bicyclic) bond motifs is 1. The van der Waals surface area contributed by atoms with Crippen LogP contribution >= 0.6 is 0 Å². The van der Waals surface area contributed by atoms with Crippen LogP contribution in [0.2, 0.25) is 0 Å². The first-order valence-electron chi connectivity index (χ1n) is 18.2. The number of benzene rings is 3. The van der Waals surface area contributed by atoms with Crippen molar-refractivity contribution in [3.63, 3.8) is 0 Å². The lowest BCUT2D eigenvalue weighted by atomic mass is 9.67. The molecule has 5 rings (SSSR count). The van der Waals surface area contributed by atoms with E-state index in [0.717, 1.165) is 24.3 Å². The van der Waals surface area contributed by atoms with Crippen LogP contribution in [0, 0.1) is 12.3 Å². The molecule has 0 aliphatic carbocycles. The number of amides is 3. The van der Waals surface area contributed by atoms with Gasteiger partial charge in [0.05, 0.1) is 23.0 Å². The number of carbonyl (C=O) groups is 2. The molecule has 3 aromatic rings. The predicted molar refractivity (Wildman–Crippen MR) is 190 cm³/mol. The van der Waals surface area contributed by atoms with Crippen LogP contribution in [0.4, 0.5) is 31.1 Å². The maximum atomic E-state index is 15.1. The molecule has 5 unspecified atom stereocenters. The second-order valence-corrected chi connectivity index (χ2v) is 14.7. The molecule has 5 N–H and O–H groups in total. The number of urea groups is 1. The molecule has 15 heteroatoms. The molecule has 5 atom stereocenters. The Balaban J connectivity index is 1.78. The number of alkyl halides is 6. The summed E-state index contributed by atoms with van der Waals surface area (Å²) in [5, 5.41) is 45.9.